The third kappa shape index (κ3) is 5.22. The van der Waals surface area contributed by atoms with Gasteiger partial charge in [0, 0.05) is 13.0 Å². The van der Waals surface area contributed by atoms with E-state index >= 15 is 0 Å². The molecule has 0 aliphatic carbocycles. The Kier molecular flexibility index (Phi) is 6.54. The van der Waals surface area contributed by atoms with E-state index in [0.29, 0.717) is 35.7 Å². The molecule has 2 N–H and O–H groups in total. The number of aliphatic carboxylic acids is 1. The topological polar surface area (TPSA) is 92.4 Å². The van der Waals surface area contributed by atoms with E-state index in [0.717, 1.165) is 19.3 Å². The fourth-order valence-electron chi connectivity index (χ4n) is 2.41. The Morgan fingerprint density at radius 3 is 2.62 bits per heavy atom. The number of aromatic nitrogens is 1. The molecule has 2 heterocycles. The predicted octanol–water partition coefficient (Wildman–Crippen LogP) is 3.41. The van der Waals surface area contributed by atoms with Crippen LogP contribution in [0.5, 0.6) is 0 Å². The van der Waals surface area contributed by atoms with Crippen molar-refractivity contribution in [3.05, 3.63) is 41.8 Å². The summed E-state index contributed by atoms with van der Waals surface area (Å²) < 4.78 is 5.30. The van der Waals surface area contributed by atoms with E-state index < -0.39 is 5.97 Å². The molecule has 0 aromatic carbocycles. The van der Waals surface area contributed by atoms with Gasteiger partial charge in [0.1, 0.15) is 5.69 Å². The molecular weight excluding hydrogens is 308 g/mol. The zero-order valence-corrected chi connectivity index (χ0v) is 13.7. The van der Waals surface area contributed by atoms with Crippen molar-refractivity contribution in [1.29, 1.82) is 0 Å². The summed E-state index contributed by atoms with van der Waals surface area (Å²) in [5.74, 6) is -0.229. The number of carboxylic acids is 1. The number of unbranched alkanes of at least 4 members (excludes halogenated alkanes) is 3. The summed E-state index contributed by atoms with van der Waals surface area (Å²) in [4.78, 5) is 27.0. The molecule has 0 saturated carbocycles. The number of carbonyl (C=O) groups is 2. The summed E-state index contributed by atoms with van der Waals surface area (Å²) in [6.45, 7) is 2.37. The van der Waals surface area contributed by atoms with Crippen LogP contribution in [0.2, 0.25) is 0 Å². The van der Waals surface area contributed by atoms with E-state index in [4.69, 9.17) is 9.52 Å². The molecule has 0 atom stereocenters. The molecule has 0 unspecified atom stereocenters. The first-order chi connectivity index (χ1) is 11.6. The highest BCUT2D eigenvalue weighted by Gasteiger charge is 2.11. The van der Waals surface area contributed by atoms with Gasteiger partial charge in [-0.1, -0.05) is 12.8 Å². The average molecular weight is 330 g/mol. The standard InChI is InChI=1S/C18H22N2O4/c1-13-14(9-10-15(20-13)16-7-6-12-24-16)18(23)19-11-5-3-2-4-8-17(21)22/h6-7,9-10,12H,2-5,8,11H2,1H3,(H,19,23)(H,21,22). The van der Waals surface area contributed by atoms with Crippen LogP contribution < -0.4 is 5.32 Å². The summed E-state index contributed by atoms with van der Waals surface area (Å²) in [5.41, 5.74) is 1.91. The van der Waals surface area contributed by atoms with Gasteiger partial charge in [-0.2, -0.15) is 0 Å². The van der Waals surface area contributed by atoms with Crippen molar-refractivity contribution in [2.75, 3.05) is 6.54 Å². The van der Waals surface area contributed by atoms with Crippen molar-refractivity contribution in [2.45, 2.75) is 39.0 Å². The van der Waals surface area contributed by atoms with Crippen LogP contribution >= 0.6 is 0 Å². The lowest BCUT2D eigenvalue weighted by molar-refractivity contribution is -0.137. The van der Waals surface area contributed by atoms with E-state index in [9.17, 15) is 9.59 Å². The van der Waals surface area contributed by atoms with Crippen LogP contribution in [0.15, 0.2) is 34.9 Å². The van der Waals surface area contributed by atoms with Gasteiger partial charge in [0.2, 0.25) is 0 Å². The molecule has 6 heteroatoms. The first kappa shape index (κ1) is 17.7. The molecule has 0 aliphatic heterocycles. The molecule has 0 bridgehead atoms. The largest absolute Gasteiger partial charge is 0.481 e. The maximum absolute atomic E-state index is 12.2. The lowest BCUT2D eigenvalue weighted by atomic mass is 10.1. The highest BCUT2D eigenvalue weighted by molar-refractivity contribution is 5.95. The summed E-state index contributed by atoms with van der Waals surface area (Å²) >= 11 is 0. The number of nitrogens with zero attached hydrogens (tertiary/aromatic N) is 1. The molecule has 128 valence electrons. The van der Waals surface area contributed by atoms with Crippen molar-refractivity contribution >= 4 is 11.9 Å². The second-order valence-electron chi connectivity index (χ2n) is 5.62. The number of amides is 1. The second kappa shape index (κ2) is 8.86. The van der Waals surface area contributed by atoms with Gasteiger partial charge < -0.3 is 14.8 Å². The Bertz CT molecular complexity index is 680. The van der Waals surface area contributed by atoms with Crippen LogP contribution in [0.25, 0.3) is 11.5 Å². The fourth-order valence-corrected chi connectivity index (χ4v) is 2.41. The predicted molar refractivity (Wildman–Crippen MR) is 89.7 cm³/mol. The molecule has 2 aromatic rings. The van der Waals surface area contributed by atoms with E-state index in [2.05, 4.69) is 10.3 Å². The number of nitrogens with one attached hydrogen (secondary N) is 1. The lowest BCUT2D eigenvalue weighted by Gasteiger charge is -2.08. The third-order valence-electron chi connectivity index (χ3n) is 3.71. The Hall–Kier alpha value is -2.63. The monoisotopic (exact) mass is 330 g/mol. The van der Waals surface area contributed by atoms with Crippen molar-refractivity contribution in [2.24, 2.45) is 0 Å². The number of pyridine rings is 1. The first-order valence-electron chi connectivity index (χ1n) is 8.09. The van der Waals surface area contributed by atoms with E-state index in [1.54, 1.807) is 31.4 Å². The van der Waals surface area contributed by atoms with Gasteiger partial charge in [-0.05, 0) is 44.0 Å². The van der Waals surface area contributed by atoms with Gasteiger partial charge in [0.05, 0.1) is 17.5 Å². The molecule has 2 aromatic heterocycles. The molecule has 0 saturated heterocycles. The molecule has 0 aliphatic rings. The van der Waals surface area contributed by atoms with E-state index in [-0.39, 0.29) is 12.3 Å². The fraction of sp³-hybridized carbons (Fsp3) is 0.389. The van der Waals surface area contributed by atoms with Crippen molar-refractivity contribution in [3.63, 3.8) is 0 Å². The quantitative estimate of drug-likeness (QED) is 0.687. The lowest BCUT2D eigenvalue weighted by Crippen LogP contribution is -2.25. The minimum Gasteiger partial charge on any atom is -0.481 e. The number of hydrogen-bond acceptors (Lipinski definition) is 4. The van der Waals surface area contributed by atoms with Gasteiger partial charge >= 0.3 is 5.97 Å². The Morgan fingerprint density at radius 1 is 1.17 bits per heavy atom. The molecule has 24 heavy (non-hydrogen) atoms. The summed E-state index contributed by atoms with van der Waals surface area (Å²) in [6.07, 6.45) is 5.08. The van der Waals surface area contributed by atoms with Gasteiger partial charge in [-0.25, -0.2) is 4.98 Å². The zero-order chi connectivity index (χ0) is 17.4. The highest BCUT2D eigenvalue weighted by Crippen LogP contribution is 2.19. The van der Waals surface area contributed by atoms with E-state index in [1.165, 1.54) is 0 Å². The third-order valence-corrected chi connectivity index (χ3v) is 3.71. The van der Waals surface area contributed by atoms with E-state index in [1.807, 2.05) is 6.07 Å². The van der Waals surface area contributed by atoms with Crippen LogP contribution in [0.3, 0.4) is 0 Å². The maximum atomic E-state index is 12.2. The molecule has 0 radical (unpaired) electrons. The molecular formula is C18H22N2O4. The maximum Gasteiger partial charge on any atom is 0.303 e. The zero-order valence-electron chi connectivity index (χ0n) is 13.7. The van der Waals surface area contributed by atoms with Crippen LogP contribution in [-0.4, -0.2) is 28.5 Å². The number of rotatable bonds is 9. The summed E-state index contributed by atoms with van der Waals surface area (Å²) in [5, 5.41) is 11.4. The Morgan fingerprint density at radius 2 is 1.96 bits per heavy atom. The number of aryl methyl sites for hydroxylation is 1. The number of hydrogen-bond donors (Lipinski definition) is 2. The minimum atomic E-state index is -0.760. The normalized spacial score (nSPS) is 10.5. The van der Waals surface area contributed by atoms with Crippen molar-refractivity contribution in [3.8, 4) is 11.5 Å². The smallest absolute Gasteiger partial charge is 0.303 e. The van der Waals surface area contributed by atoms with Gasteiger partial charge in [-0.3, -0.25) is 9.59 Å². The number of carboxylic acid groups (broad SMARTS) is 1. The number of furan rings is 1. The molecule has 6 nitrogen and oxygen atoms in total. The molecule has 2 rings (SSSR count). The minimum absolute atomic E-state index is 0.142. The van der Waals surface area contributed by atoms with Crippen LogP contribution in [0.4, 0.5) is 0 Å². The Labute approximate surface area is 140 Å². The van der Waals surface area contributed by atoms with Gasteiger partial charge in [-0.15, -0.1) is 0 Å². The van der Waals surface area contributed by atoms with Gasteiger partial charge in [0.25, 0.3) is 5.91 Å². The molecule has 1 amide bonds. The number of carbonyl (C=O) groups excluding carboxylic acids is 1. The van der Waals surface area contributed by atoms with Gasteiger partial charge in [0.15, 0.2) is 5.76 Å². The molecule has 0 fully saturated rings. The summed E-state index contributed by atoms with van der Waals surface area (Å²) in [7, 11) is 0. The summed E-state index contributed by atoms with van der Waals surface area (Å²) in [6, 6.07) is 7.14. The molecule has 0 spiro atoms. The van der Waals surface area contributed by atoms with Crippen LogP contribution in [-0.2, 0) is 4.79 Å². The van der Waals surface area contributed by atoms with Crippen LogP contribution in [0.1, 0.15) is 48.2 Å². The SMILES string of the molecule is Cc1nc(-c2ccco2)ccc1C(=O)NCCCCCCC(=O)O. The van der Waals surface area contributed by atoms with Crippen LogP contribution in [0, 0.1) is 6.92 Å². The first-order valence-corrected chi connectivity index (χ1v) is 8.09. The van der Waals surface area contributed by atoms with Crippen molar-refractivity contribution < 1.29 is 19.1 Å². The second-order valence-corrected chi connectivity index (χ2v) is 5.62. The van der Waals surface area contributed by atoms with Crippen molar-refractivity contribution in [1.82, 2.24) is 10.3 Å². The highest BCUT2D eigenvalue weighted by atomic mass is 16.4. The Balaban J connectivity index is 1.77. The average Bonchev–Trinajstić information content (AvgIpc) is 3.07.